The van der Waals surface area contributed by atoms with Crippen LogP contribution in [0.1, 0.15) is 35.9 Å². The lowest BCUT2D eigenvalue weighted by Gasteiger charge is -2.18. The number of benzene rings is 2. The largest absolute Gasteiger partial charge is 0.135 e. The van der Waals surface area contributed by atoms with Gasteiger partial charge in [-0.25, -0.2) is 0 Å². The van der Waals surface area contributed by atoms with Crippen molar-refractivity contribution in [1.82, 2.24) is 0 Å². The quantitative estimate of drug-likeness (QED) is 0.502. The van der Waals surface area contributed by atoms with Gasteiger partial charge in [-0.15, -0.1) is 11.3 Å². The Morgan fingerprint density at radius 2 is 1.65 bits per heavy atom. The zero-order valence-corrected chi connectivity index (χ0v) is 10.7. The molecule has 0 fully saturated rings. The van der Waals surface area contributed by atoms with Crippen LogP contribution in [0.25, 0.3) is 20.2 Å². The Balaban J connectivity index is 2.67. The number of hydrogen-bond acceptors (Lipinski definition) is 1. The maximum atomic E-state index is 8.50. The molecule has 0 aliphatic heterocycles. The molecule has 0 saturated carbocycles. The molecule has 0 amide bonds. The Kier molecular flexibility index (Phi) is 1.16. The van der Waals surface area contributed by atoms with Crippen LogP contribution < -0.4 is 0 Å². The first kappa shape index (κ1) is 5.53. The van der Waals surface area contributed by atoms with E-state index in [1.54, 1.807) is 0 Å². The maximum Gasteiger partial charge on any atom is 0.0641 e. The van der Waals surface area contributed by atoms with Crippen LogP contribution in [0, 0.1) is 0 Å². The van der Waals surface area contributed by atoms with Crippen molar-refractivity contribution in [2.75, 3.05) is 0 Å². The van der Waals surface area contributed by atoms with Gasteiger partial charge < -0.3 is 0 Å². The lowest BCUT2D eigenvalue weighted by atomic mass is 9.87. The summed E-state index contributed by atoms with van der Waals surface area (Å²) in [5, 5.41) is 0.526. The third-order valence-electron chi connectivity index (χ3n) is 2.64. The van der Waals surface area contributed by atoms with E-state index >= 15 is 0 Å². The van der Waals surface area contributed by atoms with E-state index in [-0.39, 0.29) is 53.1 Å². The topological polar surface area (TPSA) is 0 Å². The Morgan fingerprint density at radius 1 is 0.941 bits per heavy atom. The van der Waals surface area contributed by atoms with Gasteiger partial charge in [-0.1, -0.05) is 51.0 Å². The van der Waals surface area contributed by atoms with Crippen molar-refractivity contribution in [3.63, 3.8) is 0 Å². The van der Waals surface area contributed by atoms with E-state index in [0.717, 1.165) is 11.3 Å². The Morgan fingerprint density at radius 3 is 2.41 bits per heavy atom. The van der Waals surface area contributed by atoms with Crippen LogP contribution in [0.5, 0.6) is 0 Å². The molecule has 3 rings (SSSR count). The minimum Gasteiger partial charge on any atom is -0.135 e. The summed E-state index contributed by atoms with van der Waals surface area (Å²) in [5.41, 5.74) is -0.0230. The molecule has 0 bridgehead atoms. The van der Waals surface area contributed by atoms with E-state index in [0.29, 0.717) is 15.0 Å². The highest BCUT2D eigenvalue weighted by Gasteiger charge is 2.14. The standard InChI is InChI=1S/C16H16S/c1-16(2,3)11-8-9-13-12-6-4-5-7-14(12)17-15(13)10-11/h4-10H,1-3H3/i4D,5D,6D,7D,8D,9D,10D. The van der Waals surface area contributed by atoms with Crippen LogP contribution in [0.2, 0.25) is 0 Å². The summed E-state index contributed by atoms with van der Waals surface area (Å²) in [6.45, 7) is 5.64. The van der Waals surface area contributed by atoms with Crippen molar-refractivity contribution in [2.45, 2.75) is 26.2 Å². The summed E-state index contributed by atoms with van der Waals surface area (Å²) in [4.78, 5) is 0. The van der Waals surface area contributed by atoms with Gasteiger partial charge in [-0.3, -0.25) is 0 Å². The predicted octanol–water partition coefficient (Wildman–Crippen LogP) is 5.35. The first-order chi connectivity index (χ1) is 11.0. The van der Waals surface area contributed by atoms with Gasteiger partial charge in [0.1, 0.15) is 0 Å². The molecule has 1 heteroatoms. The van der Waals surface area contributed by atoms with Gasteiger partial charge in [0.15, 0.2) is 0 Å². The van der Waals surface area contributed by atoms with E-state index < -0.39 is 5.41 Å². The molecule has 3 aromatic rings. The SMILES string of the molecule is [2H]c1c([2H])c([2H])c2c(sc3c([2H])c(C(C)(C)C)c([2H])c([2H])c32)c1[2H]. The third-order valence-corrected chi connectivity index (χ3v) is 3.66. The second-order valence-corrected chi connectivity index (χ2v) is 6.03. The fraction of sp³-hybridized carbons (Fsp3) is 0.250. The van der Waals surface area contributed by atoms with Crippen LogP contribution in [-0.4, -0.2) is 0 Å². The highest BCUT2D eigenvalue weighted by molar-refractivity contribution is 7.25. The minimum absolute atomic E-state index is 0.0490. The number of thiophene rings is 1. The van der Waals surface area contributed by atoms with Gasteiger partial charge in [-0.05, 0) is 23.1 Å². The molecule has 0 N–H and O–H groups in total. The Hall–Kier alpha value is -1.34. The van der Waals surface area contributed by atoms with Crippen LogP contribution in [-0.2, 0) is 5.41 Å². The van der Waals surface area contributed by atoms with E-state index in [1.165, 1.54) is 0 Å². The first-order valence-corrected chi connectivity index (χ1v) is 6.22. The molecule has 2 aromatic carbocycles. The molecule has 1 aromatic heterocycles. The average molecular weight is 247 g/mol. The predicted molar refractivity (Wildman–Crippen MR) is 78.0 cm³/mol. The molecule has 0 radical (unpaired) electrons. The smallest absolute Gasteiger partial charge is 0.0641 e. The summed E-state index contributed by atoms with van der Waals surface area (Å²) in [6.07, 6.45) is 0. The first-order valence-electron chi connectivity index (χ1n) is 8.91. The van der Waals surface area contributed by atoms with Gasteiger partial charge in [0, 0.05) is 20.2 Å². The zero-order valence-electron chi connectivity index (χ0n) is 16.9. The molecule has 0 atom stereocenters. The Labute approximate surface area is 116 Å². The van der Waals surface area contributed by atoms with Gasteiger partial charge in [0.2, 0.25) is 0 Å². The van der Waals surface area contributed by atoms with Crippen molar-refractivity contribution in [3.8, 4) is 0 Å². The maximum absolute atomic E-state index is 8.50. The molecule has 86 valence electrons. The highest BCUT2D eigenvalue weighted by Crippen LogP contribution is 2.36. The molecule has 17 heavy (non-hydrogen) atoms. The number of rotatable bonds is 0. The van der Waals surface area contributed by atoms with Crippen molar-refractivity contribution in [1.29, 1.82) is 0 Å². The van der Waals surface area contributed by atoms with Crippen molar-refractivity contribution >= 4 is 31.5 Å². The van der Waals surface area contributed by atoms with Crippen LogP contribution in [0.15, 0.2) is 42.3 Å². The van der Waals surface area contributed by atoms with Gasteiger partial charge >= 0.3 is 0 Å². The van der Waals surface area contributed by atoms with E-state index in [9.17, 15) is 0 Å². The summed E-state index contributed by atoms with van der Waals surface area (Å²) in [5.74, 6) is 0. The second kappa shape index (κ2) is 3.58. The Bertz CT molecular complexity index is 1010. The van der Waals surface area contributed by atoms with Crippen molar-refractivity contribution in [3.05, 3.63) is 47.9 Å². The zero-order chi connectivity index (χ0) is 18.1. The molecule has 0 aliphatic rings. The lowest BCUT2D eigenvalue weighted by molar-refractivity contribution is 0.591. The van der Waals surface area contributed by atoms with Crippen LogP contribution in [0.4, 0.5) is 0 Å². The molecule has 1 heterocycles. The molecule has 0 saturated heterocycles. The third kappa shape index (κ3) is 1.75. The molecule has 0 unspecified atom stereocenters. The van der Waals surface area contributed by atoms with Gasteiger partial charge in [0.05, 0.1) is 9.60 Å². The van der Waals surface area contributed by atoms with Crippen molar-refractivity contribution in [2.24, 2.45) is 0 Å². The average Bonchev–Trinajstić information content (AvgIpc) is 2.88. The number of hydrogen-bond donors (Lipinski definition) is 0. The van der Waals surface area contributed by atoms with Crippen LogP contribution in [0.3, 0.4) is 0 Å². The fourth-order valence-electron chi connectivity index (χ4n) is 1.67. The summed E-state index contributed by atoms with van der Waals surface area (Å²) < 4.78 is 57.9. The minimum atomic E-state index is -0.483. The summed E-state index contributed by atoms with van der Waals surface area (Å²) >= 11 is 1.10. The molecule has 0 aliphatic carbocycles. The highest BCUT2D eigenvalue weighted by atomic mass is 32.1. The van der Waals surface area contributed by atoms with E-state index in [2.05, 4.69) is 0 Å². The van der Waals surface area contributed by atoms with Gasteiger partial charge in [0.25, 0.3) is 0 Å². The van der Waals surface area contributed by atoms with E-state index in [1.807, 2.05) is 20.8 Å². The lowest BCUT2D eigenvalue weighted by Crippen LogP contribution is -2.10. The summed E-state index contributed by atoms with van der Waals surface area (Å²) in [6, 6.07) is -1.04. The molecule has 0 spiro atoms. The molecular formula is C16H16S. The second-order valence-electron chi connectivity index (χ2n) is 5.01. The van der Waals surface area contributed by atoms with Gasteiger partial charge in [-0.2, -0.15) is 0 Å². The molecule has 0 nitrogen and oxygen atoms in total. The fourth-order valence-corrected chi connectivity index (χ4v) is 2.64. The van der Waals surface area contributed by atoms with E-state index in [4.69, 9.17) is 9.60 Å². The van der Waals surface area contributed by atoms with Crippen LogP contribution >= 0.6 is 11.3 Å². The molecular weight excluding hydrogens is 224 g/mol. The van der Waals surface area contributed by atoms with Crippen molar-refractivity contribution < 1.29 is 9.60 Å². The monoisotopic (exact) mass is 247 g/mol. The normalized spacial score (nSPS) is 18.2. The summed E-state index contributed by atoms with van der Waals surface area (Å²) in [7, 11) is 0. The number of fused-ring (bicyclic) bond motifs is 3.